The molecule has 1 unspecified atom stereocenters. The standard InChI is InChI=1S/C10H15FN2/c1-5-9(11)10-8(7(2)3)6-13(4)12-10/h6,9H,2,5H2,1,3-4H3. The summed E-state index contributed by atoms with van der Waals surface area (Å²) in [6, 6.07) is 0. The second kappa shape index (κ2) is 3.73. The molecule has 0 N–H and O–H groups in total. The van der Waals surface area contributed by atoms with Gasteiger partial charge in [-0.2, -0.15) is 5.10 Å². The van der Waals surface area contributed by atoms with E-state index in [-0.39, 0.29) is 0 Å². The van der Waals surface area contributed by atoms with E-state index in [0.29, 0.717) is 12.1 Å². The van der Waals surface area contributed by atoms with E-state index in [1.54, 1.807) is 17.9 Å². The molecule has 1 rings (SSSR count). The summed E-state index contributed by atoms with van der Waals surface area (Å²) in [6.07, 6.45) is 1.28. The van der Waals surface area contributed by atoms with E-state index in [1.165, 1.54) is 0 Å². The Labute approximate surface area is 78.1 Å². The molecule has 2 nitrogen and oxygen atoms in total. The Morgan fingerprint density at radius 1 is 1.77 bits per heavy atom. The minimum Gasteiger partial charge on any atom is -0.275 e. The number of alkyl halides is 1. The van der Waals surface area contributed by atoms with Crippen LogP contribution in [0.25, 0.3) is 5.57 Å². The smallest absolute Gasteiger partial charge is 0.144 e. The van der Waals surface area contributed by atoms with Gasteiger partial charge in [-0.05, 0) is 18.9 Å². The molecule has 72 valence electrons. The third kappa shape index (κ3) is 1.97. The zero-order chi connectivity index (χ0) is 10.0. The van der Waals surface area contributed by atoms with Gasteiger partial charge >= 0.3 is 0 Å². The average Bonchev–Trinajstić information content (AvgIpc) is 2.46. The van der Waals surface area contributed by atoms with Crippen molar-refractivity contribution in [1.29, 1.82) is 0 Å². The first-order valence-corrected chi connectivity index (χ1v) is 4.39. The summed E-state index contributed by atoms with van der Waals surface area (Å²) in [4.78, 5) is 0. The van der Waals surface area contributed by atoms with E-state index in [1.807, 2.05) is 13.8 Å². The van der Waals surface area contributed by atoms with Gasteiger partial charge < -0.3 is 0 Å². The van der Waals surface area contributed by atoms with Gasteiger partial charge in [0.25, 0.3) is 0 Å². The first kappa shape index (κ1) is 9.96. The summed E-state index contributed by atoms with van der Waals surface area (Å²) in [5.41, 5.74) is 2.20. The van der Waals surface area contributed by atoms with Gasteiger partial charge in [-0.1, -0.05) is 13.5 Å². The maximum absolute atomic E-state index is 13.4. The van der Waals surface area contributed by atoms with Crippen LogP contribution in [-0.2, 0) is 7.05 Å². The van der Waals surface area contributed by atoms with Crippen LogP contribution in [0.5, 0.6) is 0 Å². The molecular weight excluding hydrogens is 167 g/mol. The molecule has 0 radical (unpaired) electrons. The molecular formula is C10H15FN2. The van der Waals surface area contributed by atoms with Crippen LogP contribution in [0, 0.1) is 0 Å². The summed E-state index contributed by atoms with van der Waals surface area (Å²) < 4.78 is 15.0. The van der Waals surface area contributed by atoms with E-state index in [2.05, 4.69) is 11.7 Å². The number of aromatic nitrogens is 2. The molecule has 0 fully saturated rings. The molecule has 1 aromatic rings. The van der Waals surface area contributed by atoms with Gasteiger partial charge in [0.15, 0.2) is 0 Å². The van der Waals surface area contributed by atoms with Crippen LogP contribution in [0.1, 0.15) is 37.7 Å². The highest BCUT2D eigenvalue weighted by molar-refractivity contribution is 5.63. The molecule has 0 bridgehead atoms. The number of nitrogens with zero attached hydrogens (tertiary/aromatic N) is 2. The third-order valence-corrected chi connectivity index (χ3v) is 1.97. The number of aryl methyl sites for hydroxylation is 1. The lowest BCUT2D eigenvalue weighted by molar-refractivity contribution is 0.324. The van der Waals surface area contributed by atoms with E-state index >= 15 is 0 Å². The second-order valence-electron chi connectivity index (χ2n) is 3.26. The Kier molecular flexibility index (Phi) is 2.86. The molecule has 1 atom stereocenters. The van der Waals surface area contributed by atoms with Crippen molar-refractivity contribution < 1.29 is 4.39 Å². The van der Waals surface area contributed by atoms with Crippen molar-refractivity contribution in [3.8, 4) is 0 Å². The predicted molar refractivity (Wildman–Crippen MR) is 52.1 cm³/mol. The molecule has 0 aliphatic heterocycles. The number of rotatable bonds is 3. The Hall–Kier alpha value is -1.12. The lowest BCUT2D eigenvalue weighted by Gasteiger charge is -2.03. The molecule has 0 spiro atoms. The van der Waals surface area contributed by atoms with Crippen molar-refractivity contribution in [2.75, 3.05) is 0 Å². The van der Waals surface area contributed by atoms with Gasteiger partial charge in [0.1, 0.15) is 11.9 Å². The number of allylic oxidation sites excluding steroid dienone is 1. The van der Waals surface area contributed by atoms with Crippen molar-refractivity contribution in [2.24, 2.45) is 7.05 Å². The molecule has 1 aromatic heterocycles. The molecule has 0 aliphatic carbocycles. The summed E-state index contributed by atoms with van der Waals surface area (Å²) in [6.45, 7) is 7.47. The molecule has 3 heteroatoms. The van der Waals surface area contributed by atoms with Gasteiger partial charge in [-0.25, -0.2) is 4.39 Å². The van der Waals surface area contributed by atoms with Gasteiger partial charge in [-0.15, -0.1) is 0 Å². The van der Waals surface area contributed by atoms with Crippen molar-refractivity contribution >= 4 is 5.57 Å². The van der Waals surface area contributed by atoms with Crippen molar-refractivity contribution in [3.63, 3.8) is 0 Å². The average molecular weight is 182 g/mol. The minimum absolute atomic E-state index is 0.456. The van der Waals surface area contributed by atoms with Crippen LogP contribution in [0.2, 0.25) is 0 Å². The van der Waals surface area contributed by atoms with Crippen LogP contribution < -0.4 is 0 Å². The highest BCUT2D eigenvalue weighted by atomic mass is 19.1. The first-order valence-electron chi connectivity index (χ1n) is 4.39. The molecule has 0 aromatic carbocycles. The van der Waals surface area contributed by atoms with Crippen LogP contribution in [0.4, 0.5) is 4.39 Å². The van der Waals surface area contributed by atoms with Crippen molar-refractivity contribution in [1.82, 2.24) is 9.78 Å². The molecule has 1 heterocycles. The van der Waals surface area contributed by atoms with Crippen LogP contribution in [-0.4, -0.2) is 9.78 Å². The summed E-state index contributed by atoms with van der Waals surface area (Å²) in [5.74, 6) is 0. The normalized spacial score (nSPS) is 12.9. The predicted octanol–water partition coefficient (Wildman–Crippen LogP) is 2.87. The zero-order valence-corrected chi connectivity index (χ0v) is 8.34. The minimum atomic E-state index is -0.979. The van der Waals surface area contributed by atoms with Gasteiger partial charge in [0, 0.05) is 18.8 Å². The van der Waals surface area contributed by atoms with Gasteiger partial charge in [-0.3, -0.25) is 4.68 Å². The monoisotopic (exact) mass is 182 g/mol. The second-order valence-corrected chi connectivity index (χ2v) is 3.26. The molecule has 0 amide bonds. The lowest BCUT2D eigenvalue weighted by atomic mass is 10.1. The van der Waals surface area contributed by atoms with E-state index in [4.69, 9.17) is 0 Å². The Morgan fingerprint density at radius 3 is 2.85 bits per heavy atom. The van der Waals surface area contributed by atoms with Crippen LogP contribution in [0.3, 0.4) is 0 Å². The summed E-state index contributed by atoms with van der Waals surface area (Å²) in [5, 5.41) is 4.08. The quantitative estimate of drug-likeness (QED) is 0.702. The van der Waals surface area contributed by atoms with Crippen LogP contribution in [0.15, 0.2) is 12.8 Å². The Balaban J connectivity index is 3.11. The topological polar surface area (TPSA) is 17.8 Å². The van der Waals surface area contributed by atoms with E-state index < -0.39 is 6.17 Å². The number of halogens is 1. The molecule has 0 saturated carbocycles. The number of hydrogen-bond acceptors (Lipinski definition) is 1. The molecule has 0 saturated heterocycles. The SMILES string of the molecule is C=C(C)c1cn(C)nc1C(F)CC. The Morgan fingerprint density at radius 2 is 2.38 bits per heavy atom. The fourth-order valence-corrected chi connectivity index (χ4v) is 1.26. The highest BCUT2D eigenvalue weighted by Crippen LogP contribution is 2.26. The highest BCUT2D eigenvalue weighted by Gasteiger charge is 2.16. The lowest BCUT2D eigenvalue weighted by Crippen LogP contribution is -1.95. The van der Waals surface area contributed by atoms with Gasteiger partial charge in [0.05, 0.1) is 0 Å². The summed E-state index contributed by atoms with van der Waals surface area (Å²) in [7, 11) is 1.79. The zero-order valence-electron chi connectivity index (χ0n) is 8.34. The maximum atomic E-state index is 13.4. The van der Waals surface area contributed by atoms with Gasteiger partial charge in [0.2, 0.25) is 0 Å². The Bertz CT molecular complexity index is 315. The summed E-state index contributed by atoms with van der Waals surface area (Å²) >= 11 is 0. The maximum Gasteiger partial charge on any atom is 0.144 e. The largest absolute Gasteiger partial charge is 0.275 e. The van der Waals surface area contributed by atoms with Crippen molar-refractivity contribution in [2.45, 2.75) is 26.4 Å². The van der Waals surface area contributed by atoms with E-state index in [0.717, 1.165) is 11.1 Å². The fraction of sp³-hybridized carbons (Fsp3) is 0.500. The fourth-order valence-electron chi connectivity index (χ4n) is 1.26. The van der Waals surface area contributed by atoms with E-state index in [9.17, 15) is 4.39 Å². The number of hydrogen-bond donors (Lipinski definition) is 0. The van der Waals surface area contributed by atoms with Crippen molar-refractivity contribution in [3.05, 3.63) is 24.0 Å². The molecule has 13 heavy (non-hydrogen) atoms. The first-order chi connectivity index (χ1) is 6.06. The van der Waals surface area contributed by atoms with Crippen LogP contribution >= 0.6 is 0 Å². The molecule has 0 aliphatic rings. The third-order valence-electron chi connectivity index (χ3n) is 1.97.